The highest BCUT2D eigenvalue weighted by Crippen LogP contribution is 2.19. The van der Waals surface area contributed by atoms with Crippen LogP contribution in [0.4, 0.5) is 18.9 Å². The number of hydrogen-bond donors (Lipinski definition) is 1. The van der Waals surface area contributed by atoms with Gasteiger partial charge in [-0.2, -0.15) is 13.2 Å². The average Bonchev–Trinajstić information content (AvgIpc) is 2.26. The van der Waals surface area contributed by atoms with Crippen LogP contribution in [-0.2, 0) is 0 Å². The second kappa shape index (κ2) is 5.75. The minimum atomic E-state index is -4.40. The van der Waals surface area contributed by atoms with Crippen LogP contribution in [0.5, 0.6) is 0 Å². The van der Waals surface area contributed by atoms with Gasteiger partial charge in [0.05, 0.1) is 0 Å². The van der Waals surface area contributed by atoms with Crippen LogP contribution in [0, 0.1) is 0 Å². The molecule has 0 aliphatic heterocycles. The Morgan fingerprint density at radius 2 is 2.06 bits per heavy atom. The summed E-state index contributed by atoms with van der Waals surface area (Å²) >= 11 is 0. The highest BCUT2D eigenvalue weighted by atomic mass is 19.4. The lowest BCUT2D eigenvalue weighted by Gasteiger charge is -2.23. The van der Waals surface area contributed by atoms with Crippen molar-refractivity contribution in [2.45, 2.75) is 19.5 Å². The van der Waals surface area contributed by atoms with E-state index in [0.29, 0.717) is 12.1 Å². The largest absolute Gasteiger partial charge is 0.406 e. The van der Waals surface area contributed by atoms with Crippen LogP contribution in [0.3, 0.4) is 0 Å². The van der Waals surface area contributed by atoms with Gasteiger partial charge < -0.3 is 10.6 Å². The van der Waals surface area contributed by atoms with Gasteiger partial charge in [-0.1, -0.05) is 13.0 Å². The van der Waals surface area contributed by atoms with Crippen molar-refractivity contribution in [3.8, 4) is 0 Å². The zero-order valence-electron chi connectivity index (χ0n) is 10.00. The van der Waals surface area contributed by atoms with Crippen LogP contribution >= 0.6 is 0 Å². The molecule has 1 aromatic carbocycles. The van der Waals surface area contributed by atoms with Crippen molar-refractivity contribution in [3.63, 3.8) is 0 Å². The number of rotatable bonds is 4. The molecule has 0 unspecified atom stereocenters. The summed E-state index contributed by atoms with van der Waals surface area (Å²) in [5.41, 5.74) is 6.03. The predicted octanol–water partition coefficient (Wildman–Crippen LogP) is 2.68. The molecule has 0 aliphatic carbocycles. The Labute approximate surface area is 103 Å². The molecule has 2 N–H and O–H groups in total. The molecule has 0 bridgehead atoms. The average molecular weight is 260 g/mol. The van der Waals surface area contributed by atoms with Crippen molar-refractivity contribution in [2.75, 3.05) is 18.8 Å². The summed E-state index contributed by atoms with van der Waals surface area (Å²) in [5.74, 6) is -0.651. The summed E-state index contributed by atoms with van der Waals surface area (Å²) < 4.78 is 37.1. The van der Waals surface area contributed by atoms with E-state index in [1.165, 1.54) is 12.1 Å². The van der Waals surface area contributed by atoms with Gasteiger partial charge in [0.25, 0.3) is 5.91 Å². The molecule has 6 heteroatoms. The zero-order chi connectivity index (χ0) is 13.8. The molecule has 0 radical (unpaired) electrons. The smallest absolute Gasteiger partial charge is 0.399 e. The molecule has 0 aromatic heterocycles. The maximum absolute atomic E-state index is 12.4. The van der Waals surface area contributed by atoms with E-state index in [2.05, 4.69) is 0 Å². The molecule has 18 heavy (non-hydrogen) atoms. The second-order valence-electron chi connectivity index (χ2n) is 3.97. The maximum atomic E-state index is 12.4. The SMILES string of the molecule is CCCN(CC(F)(F)F)C(=O)c1cccc(N)c1. The Morgan fingerprint density at radius 3 is 2.56 bits per heavy atom. The number of nitrogen functional groups attached to an aromatic ring is 1. The number of alkyl halides is 3. The molecule has 0 saturated heterocycles. The molecule has 0 saturated carbocycles. The van der Waals surface area contributed by atoms with E-state index in [4.69, 9.17) is 5.73 Å². The van der Waals surface area contributed by atoms with E-state index < -0.39 is 18.6 Å². The van der Waals surface area contributed by atoms with Gasteiger partial charge in [-0.25, -0.2) is 0 Å². The number of halogens is 3. The fourth-order valence-electron chi connectivity index (χ4n) is 1.59. The molecule has 1 aromatic rings. The lowest BCUT2D eigenvalue weighted by Crippen LogP contribution is -2.39. The second-order valence-corrected chi connectivity index (χ2v) is 3.97. The minimum Gasteiger partial charge on any atom is -0.399 e. The fraction of sp³-hybridized carbons (Fsp3) is 0.417. The first-order valence-corrected chi connectivity index (χ1v) is 5.55. The number of hydrogen-bond acceptors (Lipinski definition) is 2. The number of benzene rings is 1. The number of anilines is 1. The van der Waals surface area contributed by atoms with Crippen LogP contribution in [0.15, 0.2) is 24.3 Å². The van der Waals surface area contributed by atoms with Crippen LogP contribution in [0.1, 0.15) is 23.7 Å². The summed E-state index contributed by atoms with van der Waals surface area (Å²) in [6.07, 6.45) is -3.94. The summed E-state index contributed by atoms with van der Waals surface area (Å²) in [6.45, 7) is 0.539. The van der Waals surface area contributed by atoms with E-state index in [-0.39, 0.29) is 12.1 Å². The number of carbonyl (C=O) groups excluding carboxylic acids is 1. The Hall–Kier alpha value is -1.72. The van der Waals surface area contributed by atoms with Gasteiger partial charge in [-0.3, -0.25) is 4.79 Å². The van der Waals surface area contributed by atoms with Gasteiger partial charge in [0.15, 0.2) is 0 Å². The Bertz CT molecular complexity index is 418. The first-order chi connectivity index (χ1) is 8.33. The van der Waals surface area contributed by atoms with E-state index >= 15 is 0 Å². The molecular formula is C12H15F3N2O. The summed E-state index contributed by atoms with van der Waals surface area (Å²) in [6, 6.07) is 5.95. The van der Waals surface area contributed by atoms with Gasteiger partial charge in [0, 0.05) is 17.8 Å². The zero-order valence-corrected chi connectivity index (χ0v) is 10.00. The summed E-state index contributed by atoms with van der Waals surface area (Å²) in [7, 11) is 0. The monoisotopic (exact) mass is 260 g/mol. The topological polar surface area (TPSA) is 46.3 Å². The molecule has 3 nitrogen and oxygen atoms in total. The van der Waals surface area contributed by atoms with Crippen molar-refractivity contribution in [3.05, 3.63) is 29.8 Å². The van der Waals surface area contributed by atoms with E-state index in [9.17, 15) is 18.0 Å². The van der Waals surface area contributed by atoms with Crippen molar-refractivity contribution in [2.24, 2.45) is 0 Å². The molecule has 0 fully saturated rings. The predicted molar refractivity (Wildman–Crippen MR) is 63.1 cm³/mol. The number of nitrogens with two attached hydrogens (primary N) is 1. The van der Waals surface area contributed by atoms with E-state index in [1.54, 1.807) is 19.1 Å². The van der Waals surface area contributed by atoms with Crippen molar-refractivity contribution in [1.29, 1.82) is 0 Å². The Kier molecular flexibility index (Phi) is 4.58. The van der Waals surface area contributed by atoms with Crippen LogP contribution in [-0.4, -0.2) is 30.1 Å². The lowest BCUT2D eigenvalue weighted by molar-refractivity contribution is -0.140. The summed E-state index contributed by atoms with van der Waals surface area (Å²) in [5, 5.41) is 0. The van der Waals surface area contributed by atoms with Crippen LogP contribution in [0.25, 0.3) is 0 Å². The highest BCUT2D eigenvalue weighted by Gasteiger charge is 2.32. The third kappa shape index (κ3) is 4.27. The lowest BCUT2D eigenvalue weighted by atomic mass is 10.1. The number of carbonyl (C=O) groups is 1. The number of amides is 1. The van der Waals surface area contributed by atoms with Crippen molar-refractivity contribution < 1.29 is 18.0 Å². The van der Waals surface area contributed by atoms with Crippen LogP contribution < -0.4 is 5.73 Å². The molecule has 0 heterocycles. The van der Waals surface area contributed by atoms with Gasteiger partial charge in [-0.15, -0.1) is 0 Å². The van der Waals surface area contributed by atoms with Gasteiger partial charge in [-0.05, 0) is 24.6 Å². The quantitative estimate of drug-likeness (QED) is 0.846. The van der Waals surface area contributed by atoms with Crippen LogP contribution in [0.2, 0.25) is 0 Å². The highest BCUT2D eigenvalue weighted by molar-refractivity contribution is 5.95. The van der Waals surface area contributed by atoms with Gasteiger partial charge in [0.2, 0.25) is 0 Å². The first-order valence-electron chi connectivity index (χ1n) is 5.55. The molecule has 0 atom stereocenters. The van der Waals surface area contributed by atoms with Gasteiger partial charge in [0.1, 0.15) is 6.54 Å². The molecule has 0 aliphatic rings. The normalized spacial score (nSPS) is 11.3. The van der Waals surface area contributed by atoms with Crippen molar-refractivity contribution in [1.82, 2.24) is 4.90 Å². The molecular weight excluding hydrogens is 245 g/mol. The third-order valence-electron chi connectivity index (χ3n) is 2.28. The standard InChI is InChI=1S/C12H15F3N2O/c1-2-6-17(8-12(13,14)15)11(18)9-4-3-5-10(16)7-9/h3-5,7H,2,6,8,16H2,1H3. The molecule has 0 spiro atoms. The summed E-state index contributed by atoms with van der Waals surface area (Å²) in [4.78, 5) is 12.7. The van der Waals surface area contributed by atoms with E-state index in [0.717, 1.165) is 4.90 Å². The van der Waals surface area contributed by atoms with Crippen molar-refractivity contribution >= 4 is 11.6 Å². The minimum absolute atomic E-state index is 0.0626. The first kappa shape index (κ1) is 14.3. The maximum Gasteiger partial charge on any atom is 0.406 e. The molecule has 100 valence electrons. The number of nitrogens with zero attached hydrogens (tertiary/aromatic N) is 1. The van der Waals surface area contributed by atoms with Gasteiger partial charge >= 0.3 is 6.18 Å². The Morgan fingerprint density at radius 1 is 1.39 bits per heavy atom. The van der Waals surface area contributed by atoms with E-state index in [1.807, 2.05) is 0 Å². The fourth-order valence-corrected chi connectivity index (χ4v) is 1.59. The molecule has 1 rings (SSSR count). The molecule has 1 amide bonds. The Balaban J connectivity index is 2.89. The third-order valence-corrected chi connectivity index (χ3v) is 2.28.